The molecule has 3 fully saturated rings. The van der Waals surface area contributed by atoms with Gasteiger partial charge < -0.3 is 19.5 Å². The van der Waals surface area contributed by atoms with Gasteiger partial charge in [-0.3, -0.25) is 4.79 Å². The molecular weight excluding hydrogens is 451 g/mol. The second-order valence-electron chi connectivity index (χ2n) is 8.43. The molecule has 2 atom stereocenters. The number of rotatable bonds is 4. The van der Waals surface area contributed by atoms with Crippen molar-refractivity contribution >= 4 is 21.7 Å². The summed E-state index contributed by atoms with van der Waals surface area (Å²) in [7, 11) is -3.96. The third kappa shape index (κ3) is 4.61. The van der Waals surface area contributed by atoms with Gasteiger partial charge in [0.1, 0.15) is 11.9 Å². The number of piperazine rings is 1. The van der Waals surface area contributed by atoms with Crippen molar-refractivity contribution in [2.45, 2.75) is 38.0 Å². The number of nitrogens with zero attached hydrogens (tertiary/aromatic N) is 4. The molecule has 3 aliphatic heterocycles. The zero-order chi connectivity index (χ0) is 23.1. The summed E-state index contributed by atoms with van der Waals surface area (Å²) in [4.78, 5) is 17.8. The number of hydrogen-bond acceptors (Lipinski definition) is 6. The standard InChI is InChI=1S/C19H28F3N5O4S/c1-14-13-31-9-8-26(14)15-10-17(23-18(28)11-15)27-7-6-25(12-16(27)19(20,21)22)32(29,30)24-4-2-3-5-24/h10-11,14,16H,2-9,12-13H2,1H3,(H,23,28). The molecule has 3 saturated heterocycles. The van der Waals surface area contributed by atoms with Crippen LogP contribution >= 0.6 is 0 Å². The van der Waals surface area contributed by atoms with Crippen LogP contribution in [0.4, 0.5) is 24.7 Å². The average Bonchev–Trinajstić information content (AvgIpc) is 3.28. The Hall–Kier alpha value is -1.83. The number of ether oxygens (including phenoxy) is 1. The Balaban J connectivity index is 1.62. The average molecular weight is 480 g/mol. The third-order valence-electron chi connectivity index (χ3n) is 6.26. The molecule has 0 aliphatic carbocycles. The Kier molecular flexibility index (Phi) is 6.45. The highest BCUT2D eigenvalue weighted by Gasteiger charge is 2.50. The number of nitrogens with one attached hydrogen (secondary N) is 1. The first-order chi connectivity index (χ1) is 15.1. The summed E-state index contributed by atoms with van der Waals surface area (Å²) in [6.07, 6.45) is -3.27. The molecule has 4 heterocycles. The molecular formula is C19H28F3N5O4S. The van der Waals surface area contributed by atoms with Crippen LogP contribution in [0.5, 0.6) is 0 Å². The van der Waals surface area contributed by atoms with Crippen molar-refractivity contribution in [2.75, 3.05) is 62.3 Å². The van der Waals surface area contributed by atoms with Gasteiger partial charge in [-0.15, -0.1) is 0 Å². The Morgan fingerprint density at radius 3 is 2.41 bits per heavy atom. The lowest BCUT2D eigenvalue weighted by Crippen LogP contribution is -2.62. The van der Waals surface area contributed by atoms with E-state index in [1.807, 2.05) is 11.8 Å². The van der Waals surface area contributed by atoms with Crippen molar-refractivity contribution in [1.29, 1.82) is 0 Å². The van der Waals surface area contributed by atoms with E-state index in [1.165, 1.54) is 16.4 Å². The first-order valence-corrected chi connectivity index (χ1v) is 12.1. The summed E-state index contributed by atoms with van der Waals surface area (Å²) in [5.41, 5.74) is 0.0110. The minimum Gasteiger partial charge on any atom is -0.377 e. The van der Waals surface area contributed by atoms with Crippen LogP contribution in [0.2, 0.25) is 0 Å². The minimum atomic E-state index is -4.68. The molecule has 9 nitrogen and oxygen atoms in total. The number of H-pyrrole nitrogens is 1. The summed E-state index contributed by atoms with van der Waals surface area (Å²) < 4.78 is 75.4. The number of morpholine rings is 1. The topological polar surface area (TPSA) is 89.2 Å². The highest BCUT2D eigenvalue weighted by molar-refractivity contribution is 7.86. The predicted molar refractivity (Wildman–Crippen MR) is 113 cm³/mol. The third-order valence-corrected chi connectivity index (χ3v) is 8.26. The Bertz CT molecular complexity index is 980. The highest BCUT2D eigenvalue weighted by Crippen LogP contribution is 2.33. The second-order valence-corrected chi connectivity index (χ2v) is 10.4. The molecule has 0 aromatic carbocycles. The van der Waals surface area contributed by atoms with Gasteiger partial charge >= 0.3 is 6.18 Å². The van der Waals surface area contributed by atoms with Crippen molar-refractivity contribution < 1.29 is 26.3 Å². The fourth-order valence-corrected chi connectivity index (χ4v) is 6.25. The molecule has 1 aromatic heterocycles. The van der Waals surface area contributed by atoms with E-state index >= 15 is 0 Å². The van der Waals surface area contributed by atoms with E-state index in [4.69, 9.17) is 4.74 Å². The van der Waals surface area contributed by atoms with Crippen molar-refractivity contribution in [3.05, 3.63) is 22.5 Å². The van der Waals surface area contributed by atoms with Crippen molar-refractivity contribution in [3.8, 4) is 0 Å². The largest absolute Gasteiger partial charge is 0.410 e. The molecule has 0 saturated carbocycles. The maximum Gasteiger partial charge on any atom is 0.410 e. The van der Waals surface area contributed by atoms with E-state index in [0.29, 0.717) is 51.4 Å². The van der Waals surface area contributed by atoms with Crippen LogP contribution in [0.1, 0.15) is 19.8 Å². The first-order valence-electron chi connectivity index (χ1n) is 10.7. The molecule has 13 heteroatoms. The maximum atomic E-state index is 14.0. The van der Waals surface area contributed by atoms with E-state index in [0.717, 1.165) is 9.21 Å². The summed E-state index contributed by atoms with van der Waals surface area (Å²) in [5.74, 6) is 0.0340. The second kappa shape index (κ2) is 8.84. The zero-order valence-corrected chi connectivity index (χ0v) is 18.7. The fraction of sp³-hybridized carbons (Fsp3) is 0.737. The molecule has 3 aliphatic rings. The van der Waals surface area contributed by atoms with Crippen LogP contribution < -0.4 is 15.4 Å². The van der Waals surface area contributed by atoms with E-state index in [2.05, 4.69) is 4.98 Å². The molecule has 180 valence electrons. The molecule has 0 radical (unpaired) electrons. The number of hydrogen-bond donors (Lipinski definition) is 1. The van der Waals surface area contributed by atoms with E-state index in [-0.39, 0.29) is 24.9 Å². The Morgan fingerprint density at radius 2 is 1.75 bits per heavy atom. The fourth-order valence-electron chi connectivity index (χ4n) is 4.56. The molecule has 4 rings (SSSR count). The minimum absolute atomic E-state index is 0.0285. The van der Waals surface area contributed by atoms with Crippen molar-refractivity contribution in [3.63, 3.8) is 0 Å². The number of halogens is 3. The van der Waals surface area contributed by atoms with E-state index < -0.39 is 34.5 Å². The molecule has 32 heavy (non-hydrogen) atoms. The van der Waals surface area contributed by atoms with Crippen LogP contribution in [-0.2, 0) is 14.9 Å². The van der Waals surface area contributed by atoms with Gasteiger partial charge in [0.25, 0.3) is 15.8 Å². The molecule has 2 unspecified atom stereocenters. The Labute approximate surface area is 184 Å². The zero-order valence-electron chi connectivity index (χ0n) is 17.8. The summed E-state index contributed by atoms with van der Waals surface area (Å²) >= 11 is 0. The van der Waals surface area contributed by atoms with Gasteiger partial charge in [-0.05, 0) is 19.8 Å². The smallest absolute Gasteiger partial charge is 0.377 e. The summed E-state index contributed by atoms with van der Waals surface area (Å²) in [5, 5.41) is 0. The number of pyridine rings is 1. The van der Waals surface area contributed by atoms with Gasteiger partial charge in [-0.2, -0.15) is 30.2 Å². The molecule has 0 amide bonds. The lowest BCUT2D eigenvalue weighted by molar-refractivity contribution is -0.153. The maximum absolute atomic E-state index is 14.0. The van der Waals surface area contributed by atoms with Gasteiger partial charge in [-0.1, -0.05) is 0 Å². The van der Waals surface area contributed by atoms with Gasteiger partial charge in [0.05, 0.1) is 13.2 Å². The van der Waals surface area contributed by atoms with Gasteiger partial charge in [-0.25, -0.2) is 0 Å². The van der Waals surface area contributed by atoms with Gasteiger partial charge in [0.15, 0.2) is 0 Å². The lowest BCUT2D eigenvalue weighted by Gasteiger charge is -2.43. The summed E-state index contributed by atoms with van der Waals surface area (Å²) in [6, 6.07) is 0.801. The quantitative estimate of drug-likeness (QED) is 0.693. The number of anilines is 2. The van der Waals surface area contributed by atoms with Gasteiger partial charge in [0, 0.05) is 63.1 Å². The lowest BCUT2D eigenvalue weighted by atomic mass is 10.1. The number of aromatic nitrogens is 1. The summed E-state index contributed by atoms with van der Waals surface area (Å²) in [6.45, 7) is 3.02. The van der Waals surface area contributed by atoms with Crippen LogP contribution in [0.25, 0.3) is 0 Å². The highest BCUT2D eigenvalue weighted by atomic mass is 32.2. The van der Waals surface area contributed by atoms with E-state index in [1.54, 1.807) is 0 Å². The van der Waals surface area contributed by atoms with Crippen molar-refractivity contribution in [2.24, 2.45) is 0 Å². The van der Waals surface area contributed by atoms with E-state index in [9.17, 15) is 26.4 Å². The number of aromatic amines is 1. The van der Waals surface area contributed by atoms with Crippen LogP contribution in [0, 0.1) is 0 Å². The van der Waals surface area contributed by atoms with Gasteiger partial charge in [0.2, 0.25) is 0 Å². The normalized spacial score (nSPS) is 26.6. The van der Waals surface area contributed by atoms with Crippen LogP contribution in [0.15, 0.2) is 16.9 Å². The molecule has 0 spiro atoms. The SMILES string of the molecule is CC1COCCN1c1cc(N2CCN(S(=O)(=O)N3CCCC3)CC2C(F)(F)F)[nH]c(=O)c1. The first kappa shape index (κ1) is 23.3. The van der Waals surface area contributed by atoms with Crippen LogP contribution in [-0.4, -0.2) is 92.8 Å². The Morgan fingerprint density at radius 1 is 1.03 bits per heavy atom. The van der Waals surface area contributed by atoms with Crippen molar-refractivity contribution in [1.82, 2.24) is 13.6 Å². The predicted octanol–water partition coefficient (Wildman–Crippen LogP) is 0.994. The molecule has 1 aromatic rings. The molecule has 0 bridgehead atoms. The monoisotopic (exact) mass is 479 g/mol. The van der Waals surface area contributed by atoms with Crippen LogP contribution in [0.3, 0.4) is 0 Å². The molecule has 1 N–H and O–H groups in total. The number of alkyl halides is 3.